The van der Waals surface area contributed by atoms with Crippen LogP contribution in [0.1, 0.15) is 29.2 Å². The number of rotatable bonds is 2. The van der Waals surface area contributed by atoms with Crippen molar-refractivity contribution in [3.63, 3.8) is 0 Å². The number of benzene rings is 4. The van der Waals surface area contributed by atoms with Gasteiger partial charge in [-0.05, 0) is 18.6 Å². The Morgan fingerprint density at radius 1 is 0.690 bits per heavy atom. The van der Waals surface area contributed by atoms with E-state index in [0.717, 1.165) is 11.1 Å². The third-order valence-electron chi connectivity index (χ3n) is 5.65. The normalized spacial score (nSPS) is 18.0. The number of aromatic hydroxyl groups is 2. The van der Waals surface area contributed by atoms with Gasteiger partial charge in [-0.3, -0.25) is 0 Å². The molecule has 0 amide bonds. The Balaban J connectivity index is 1.89. The molecule has 1 aliphatic heterocycles. The second-order valence-corrected chi connectivity index (χ2v) is 7.41. The van der Waals surface area contributed by atoms with Gasteiger partial charge in [0.2, 0.25) is 0 Å². The minimum absolute atomic E-state index is 0.128. The third kappa shape index (κ3) is 2.59. The summed E-state index contributed by atoms with van der Waals surface area (Å²) in [5, 5.41) is 23.6. The van der Waals surface area contributed by atoms with E-state index in [-0.39, 0.29) is 11.5 Å². The number of fused-ring (bicyclic) bond motifs is 2. The maximum atomic E-state index is 11.3. The second-order valence-electron chi connectivity index (χ2n) is 7.41. The zero-order valence-electron chi connectivity index (χ0n) is 16.0. The summed E-state index contributed by atoms with van der Waals surface area (Å²) < 4.78 is 6.55. The van der Waals surface area contributed by atoms with E-state index in [0.29, 0.717) is 27.7 Å². The molecule has 1 unspecified atom stereocenters. The lowest BCUT2D eigenvalue weighted by Gasteiger charge is -2.38. The number of ether oxygens (including phenoxy) is 1. The molecule has 0 fully saturated rings. The summed E-state index contributed by atoms with van der Waals surface area (Å²) in [6.45, 7) is 1.94. The predicted octanol–water partition coefficient (Wildman–Crippen LogP) is 6.04. The fourth-order valence-electron chi connectivity index (χ4n) is 4.18. The van der Waals surface area contributed by atoms with Gasteiger partial charge in [-0.15, -0.1) is 0 Å². The molecule has 0 aromatic heterocycles. The monoisotopic (exact) mass is 380 g/mol. The van der Waals surface area contributed by atoms with Gasteiger partial charge in [-0.2, -0.15) is 0 Å². The van der Waals surface area contributed by atoms with E-state index in [4.69, 9.17) is 4.74 Å². The van der Waals surface area contributed by atoms with Crippen molar-refractivity contribution in [3.8, 4) is 11.5 Å². The average molecular weight is 380 g/mol. The summed E-state index contributed by atoms with van der Waals surface area (Å²) in [5.74, 6) is 0.921. The first-order valence-electron chi connectivity index (χ1n) is 9.58. The Morgan fingerprint density at radius 3 is 1.90 bits per heavy atom. The van der Waals surface area contributed by atoms with Crippen LogP contribution >= 0.6 is 0 Å². The lowest BCUT2D eigenvalue weighted by molar-refractivity contribution is 0.0923. The Morgan fingerprint density at radius 2 is 1.24 bits per heavy atom. The first-order valence-corrected chi connectivity index (χ1v) is 9.58. The van der Waals surface area contributed by atoms with E-state index in [1.807, 2.05) is 97.9 Å². The SMILES string of the molecule is CC1(c2ccccc2)OC(c2ccccc2)=Cc2c1c(O)c1ccccc1c2O. The van der Waals surface area contributed by atoms with Crippen LogP contribution < -0.4 is 0 Å². The van der Waals surface area contributed by atoms with Gasteiger partial charge in [-0.25, -0.2) is 0 Å². The number of hydrogen-bond acceptors (Lipinski definition) is 3. The van der Waals surface area contributed by atoms with Crippen LogP contribution in [0, 0.1) is 0 Å². The third-order valence-corrected chi connectivity index (χ3v) is 5.65. The molecule has 0 aliphatic carbocycles. The van der Waals surface area contributed by atoms with Crippen LogP contribution in [0.25, 0.3) is 22.6 Å². The molecule has 4 aromatic carbocycles. The molecule has 0 saturated carbocycles. The van der Waals surface area contributed by atoms with Crippen LogP contribution in [-0.4, -0.2) is 10.2 Å². The highest BCUT2D eigenvalue weighted by atomic mass is 16.5. The van der Waals surface area contributed by atoms with Gasteiger partial charge < -0.3 is 14.9 Å². The number of hydrogen-bond donors (Lipinski definition) is 2. The Labute approximate surface area is 169 Å². The molecular formula is C26H20O3. The summed E-state index contributed by atoms with van der Waals surface area (Å²) in [7, 11) is 0. The van der Waals surface area contributed by atoms with Gasteiger partial charge in [-0.1, -0.05) is 84.9 Å². The van der Waals surface area contributed by atoms with Crippen molar-refractivity contribution in [3.05, 3.63) is 107 Å². The minimum Gasteiger partial charge on any atom is -0.507 e. The van der Waals surface area contributed by atoms with Crippen molar-refractivity contribution >= 4 is 22.6 Å². The van der Waals surface area contributed by atoms with Crippen molar-refractivity contribution in [2.45, 2.75) is 12.5 Å². The number of phenols is 2. The molecule has 3 nitrogen and oxygen atoms in total. The van der Waals surface area contributed by atoms with Crippen LogP contribution in [0.15, 0.2) is 84.9 Å². The van der Waals surface area contributed by atoms with Crippen molar-refractivity contribution in [1.82, 2.24) is 0 Å². The van der Waals surface area contributed by atoms with E-state index in [1.54, 1.807) is 0 Å². The van der Waals surface area contributed by atoms with Crippen LogP contribution in [-0.2, 0) is 10.3 Å². The zero-order valence-corrected chi connectivity index (χ0v) is 16.0. The number of phenolic OH excluding ortho intramolecular Hbond substituents is 2. The van der Waals surface area contributed by atoms with Crippen LogP contribution in [0.5, 0.6) is 11.5 Å². The van der Waals surface area contributed by atoms with Gasteiger partial charge >= 0.3 is 0 Å². The van der Waals surface area contributed by atoms with Crippen LogP contribution in [0.4, 0.5) is 0 Å². The Bertz CT molecular complexity index is 1240. The maximum absolute atomic E-state index is 11.3. The maximum Gasteiger partial charge on any atom is 0.161 e. The fraction of sp³-hybridized carbons (Fsp3) is 0.0769. The van der Waals surface area contributed by atoms with Crippen molar-refractivity contribution < 1.29 is 14.9 Å². The molecular weight excluding hydrogens is 360 g/mol. The van der Waals surface area contributed by atoms with E-state index < -0.39 is 5.60 Å². The van der Waals surface area contributed by atoms with E-state index in [9.17, 15) is 10.2 Å². The quantitative estimate of drug-likeness (QED) is 0.417. The summed E-state index contributed by atoms with van der Waals surface area (Å²) in [5.41, 5.74) is 1.99. The van der Waals surface area contributed by atoms with Crippen LogP contribution in [0.2, 0.25) is 0 Å². The highest BCUT2D eigenvalue weighted by Gasteiger charge is 2.41. The van der Waals surface area contributed by atoms with Crippen LogP contribution in [0.3, 0.4) is 0 Å². The molecule has 1 atom stereocenters. The molecule has 29 heavy (non-hydrogen) atoms. The summed E-state index contributed by atoms with van der Waals surface area (Å²) >= 11 is 0. The Kier molecular flexibility index (Phi) is 3.85. The van der Waals surface area contributed by atoms with Gasteiger partial charge in [0.1, 0.15) is 17.3 Å². The first kappa shape index (κ1) is 17.4. The summed E-state index contributed by atoms with van der Waals surface area (Å²) in [6, 6.07) is 26.9. The lowest BCUT2D eigenvalue weighted by Crippen LogP contribution is -2.30. The topological polar surface area (TPSA) is 49.7 Å². The molecule has 1 heterocycles. The lowest BCUT2D eigenvalue weighted by atomic mass is 9.80. The van der Waals surface area contributed by atoms with Crippen molar-refractivity contribution in [2.75, 3.05) is 0 Å². The molecule has 0 saturated heterocycles. The molecule has 142 valence electrons. The Hall–Kier alpha value is -3.72. The van der Waals surface area contributed by atoms with Gasteiger partial charge in [0.15, 0.2) is 5.60 Å². The largest absolute Gasteiger partial charge is 0.507 e. The molecule has 3 heteroatoms. The summed E-state index contributed by atoms with van der Waals surface area (Å²) in [6.07, 6.45) is 1.82. The molecule has 0 spiro atoms. The highest BCUT2D eigenvalue weighted by Crippen LogP contribution is 2.53. The minimum atomic E-state index is -0.970. The van der Waals surface area contributed by atoms with E-state index in [2.05, 4.69) is 0 Å². The van der Waals surface area contributed by atoms with Crippen molar-refractivity contribution in [2.24, 2.45) is 0 Å². The van der Waals surface area contributed by atoms with Crippen molar-refractivity contribution in [1.29, 1.82) is 0 Å². The molecule has 1 aliphatic rings. The smallest absolute Gasteiger partial charge is 0.161 e. The second kappa shape index (κ2) is 6.42. The van der Waals surface area contributed by atoms with Gasteiger partial charge in [0, 0.05) is 21.9 Å². The first-order chi connectivity index (χ1) is 14.1. The van der Waals surface area contributed by atoms with Gasteiger partial charge in [0.25, 0.3) is 0 Å². The standard InChI is InChI=1S/C26H20O3/c1-26(18-12-6-3-7-13-18)23-21(16-22(29-26)17-10-4-2-5-11-17)24(27)19-14-8-9-15-20(19)25(23)28/h2-16,27-28H,1H3. The zero-order chi connectivity index (χ0) is 20.0. The molecule has 0 bridgehead atoms. The van der Waals surface area contributed by atoms with E-state index >= 15 is 0 Å². The van der Waals surface area contributed by atoms with E-state index in [1.165, 1.54) is 0 Å². The average Bonchev–Trinajstić information content (AvgIpc) is 2.78. The highest BCUT2D eigenvalue weighted by molar-refractivity contribution is 6.00. The molecule has 4 aromatic rings. The predicted molar refractivity (Wildman–Crippen MR) is 116 cm³/mol. The fourth-order valence-corrected chi connectivity index (χ4v) is 4.18. The molecule has 0 radical (unpaired) electrons. The summed E-state index contributed by atoms with van der Waals surface area (Å²) in [4.78, 5) is 0. The molecule has 5 rings (SSSR count). The van der Waals surface area contributed by atoms with Gasteiger partial charge in [0.05, 0.1) is 5.56 Å². The molecule has 2 N–H and O–H groups in total.